The largest absolute Gasteiger partial charge is 0.591 e. The molecule has 0 bridgehead atoms. The third-order valence-corrected chi connectivity index (χ3v) is 2.38. The molecular formula is C9H15O2+. The van der Waals surface area contributed by atoms with Crippen molar-refractivity contribution in [1.82, 2.24) is 0 Å². The highest BCUT2D eigenvalue weighted by Crippen LogP contribution is 2.30. The van der Waals surface area contributed by atoms with Crippen LogP contribution in [0.5, 0.6) is 0 Å². The summed E-state index contributed by atoms with van der Waals surface area (Å²) in [6, 6.07) is 0. The van der Waals surface area contributed by atoms with Gasteiger partial charge in [-0.25, -0.2) is 0 Å². The van der Waals surface area contributed by atoms with E-state index in [9.17, 15) is 4.79 Å². The molecule has 2 nitrogen and oxygen atoms in total. The molecule has 2 heteroatoms. The standard InChI is InChI=1S/C9H14O2/c1-3-6-5-7(4-2)9(11)8(6)10/h6,11H,3-5H2,1-2H3/p+1. The van der Waals surface area contributed by atoms with Crippen molar-refractivity contribution >= 4 is 5.78 Å². The van der Waals surface area contributed by atoms with Crippen LogP contribution >= 0.6 is 0 Å². The SMILES string of the molecule is CCC1=C([OH2+])C(=O)C(CC)C1. The summed E-state index contributed by atoms with van der Waals surface area (Å²) in [5, 5.41) is 7.46. The summed E-state index contributed by atoms with van der Waals surface area (Å²) in [7, 11) is 0. The summed E-state index contributed by atoms with van der Waals surface area (Å²) in [6.07, 6.45) is 2.58. The number of hydrogen-bond acceptors (Lipinski definition) is 1. The fourth-order valence-electron chi connectivity index (χ4n) is 1.52. The third kappa shape index (κ3) is 1.30. The highest BCUT2D eigenvalue weighted by Gasteiger charge is 2.34. The molecule has 1 unspecified atom stereocenters. The summed E-state index contributed by atoms with van der Waals surface area (Å²) < 4.78 is 0. The van der Waals surface area contributed by atoms with E-state index in [1.54, 1.807) is 0 Å². The molecule has 0 aromatic heterocycles. The van der Waals surface area contributed by atoms with Gasteiger partial charge in [0, 0.05) is 11.5 Å². The lowest BCUT2D eigenvalue weighted by molar-refractivity contribution is -0.120. The molecule has 0 aromatic rings. The first-order valence-corrected chi connectivity index (χ1v) is 4.18. The second kappa shape index (κ2) is 3.07. The first-order chi connectivity index (χ1) is 5.20. The second-order valence-electron chi connectivity index (χ2n) is 3.01. The van der Waals surface area contributed by atoms with Crippen LogP contribution in [0.2, 0.25) is 0 Å². The van der Waals surface area contributed by atoms with Crippen molar-refractivity contribution < 1.29 is 9.90 Å². The number of ketones is 1. The van der Waals surface area contributed by atoms with E-state index < -0.39 is 0 Å². The van der Waals surface area contributed by atoms with Crippen molar-refractivity contribution in [3.63, 3.8) is 0 Å². The van der Waals surface area contributed by atoms with Gasteiger partial charge >= 0.3 is 0 Å². The van der Waals surface area contributed by atoms with Gasteiger partial charge in [-0.2, -0.15) is 0 Å². The topological polar surface area (TPSA) is 40.0 Å². The van der Waals surface area contributed by atoms with Crippen molar-refractivity contribution in [3.8, 4) is 0 Å². The molecule has 1 atom stereocenters. The minimum absolute atomic E-state index is 0.0596. The highest BCUT2D eigenvalue weighted by molar-refractivity contribution is 5.98. The molecule has 11 heavy (non-hydrogen) atoms. The Morgan fingerprint density at radius 2 is 2.18 bits per heavy atom. The lowest BCUT2D eigenvalue weighted by Crippen LogP contribution is -2.08. The van der Waals surface area contributed by atoms with E-state index >= 15 is 0 Å². The first kappa shape index (κ1) is 8.31. The van der Waals surface area contributed by atoms with Crippen molar-refractivity contribution in [2.24, 2.45) is 5.92 Å². The van der Waals surface area contributed by atoms with Gasteiger partial charge in [0.15, 0.2) is 0 Å². The number of carbonyl (C=O) groups is 1. The predicted octanol–water partition coefficient (Wildman–Crippen LogP) is 1.37. The Labute approximate surface area is 66.9 Å². The molecule has 2 N–H and O–H groups in total. The molecule has 1 aliphatic rings. The summed E-state index contributed by atoms with van der Waals surface area (Å²) in [5.74, 6) is 0.473. The smallest absolute Gasteiger partial charge is 0.297 e. The van der Waals surface area contributed by atoms with Crippen LogP contribution in [0.3, 0.4) is 0 Å². The minimum Gasteiger partial charge on any atom is -0.591 e. The van der Waals surface area contributed by atoms with E-state index in [0.29, 0.717) is 5.76 Å². The van der Waals surface area contributed by atoms with Crippen LogP contribution < -0.4 is 0 Å². The van der Waals surface area contributed by atoms with Gasteiger partial charge in [-0.15, -0.1) is 0 Å². The summed E-state index contributed by atoms with van der Waals surface area (Å²) in [6.45, 7) is 4.02. The van der Waals surface area contributed by atoms with E-state index in [4.69, 9.17) is 5.11 Å². The van der Waals surface area contributed by atoms with Crippen LogP contribution in [0.1, 0.15) is 33.1 Å². The lowest BCUT2D eigenvalue weighted by Gasteiger charge is -2.00. The molecule has 0 spiro atoms. The van der Waals surface area contributed by atoms with Gasteiger partial charge in [-0.1, -0.05) is 13.8 Å². The first-order valence-electron chi connectivity index (χ1n) is 4.18. The second-order valence-corrected chi connectivity index (χ2v) is 3.01. The molecule has 0 saturated heterocycles. The average molecular weight is 155 g/mol. The molecule has 1 aliphatic carbocycles. The minimum atomic E-state index is 0.0596. The lowest BCUT2D eigenvalue weighted by atomic mass is 10.0. The Balaban J connectivity index is 2.77. The van der Waals surface area contributed by atoms with Crippen LogP contribution in [0, 0.1) is 5.92 Å². The van der Waals surface area contributed by atoms with Crippen LogP contribution in [-0.2, 0) is 4.79 Å². The average Bonchev–Trinajstić information content (AvgIpc) is 2.30. The number of carbonyl (C=O) groups excluding carboxylic acids is 1. The molecule has 0 amide bonds. The molecule has 0 aromatic carbocycles. The Morgan fingerprint density at radius 1 is 1.55 bits per heavy atom. The molecule has 0 radical (unpaired) electrons. The number of rotatable bonds is 2. The van der Waals surface area contributed by atoms with Gasteiger partial charge in [0.1, 0.15) is 0 Å². The number of Topliss-reactive ketones (excluding diaryl/α,β-unsaturated/α-hetero) is 1. The maximum Gasteiger partial charge on any atom is 0.297 e. The van der Waals surface area contributed by atoms with Gasteiger partial charge in [0.2, 0.25) is 0 Å². The Morgan fingerprint density at radius 3 is 2.45 bits per heavy atom. The van der Waals surface area contributed by atoms with Gasteiger partial charge in [-0.05, 0) is 19.3 Å². The summed E-state index contributed by atoms with van der Waals surface area (Å²) in [4.78, 5) is 11.3. The van der Waals surface area contributed by atoms with Crippen LogP contribution in [-0.4, -0.2) is 10.9 Å². The quantitative estimate of drug-likeness (QED) is 0.555. The molecule has 0 heterocycles. The molecule has 1 rings (SSSR count). The zero-order chi connectivity index (χ0) is 8.43. The third-order valence-electron chi connectivity index (χ3n) is 2.38. The molecule has 62 valence electrons. The van der Waals surface area contributed by atoms with Gasteiger partial charge in [-0.3, -0.25) is 4.79 Å². The molecular weight excluding hydrogens is 140 g/mol. The van der Waals surface area contributed by atoms with E-state index in [0.717, 1.165) is 24.8 Å². The van der Waals surface area contributed by atoms with Crippen molar-refractivity contribution in [1.29, 1.82) is 0 Å². The summed E-state index contributed by atoms with van der Waals surface area (Å²) >= 11 is 0. The monoisotopic (exact) mass is 155 g/mol. The molecule has 0 aliphatic heterocycles. The zero-order valence-corrected chi connectivity index (χ0v) is 7.11. The van der Waals surface area contributed by atoms with Gasteiger partial charge in [0.25, 0.3) is 11.5 Å². The highest BCUT2D eigenvalue weighted by atomic mass is 16.3. The number of allylic oxidation sites excluding steroid dienone is 2. The molecule has 0 fully saturated rings. The van der Waals surface area contributed by atoms with Crippen molar-refractivity contribution in [3.05, 3.63) is 11.3 Å². The van der Waals surface area contributed by atoms with E-state index in [-0.39, 0.29) is 11.7 Å². The number of hydrogen-bond donors (Lipinski definition) is 0. The van der Waals surface area contributed by atoms with Crippen molar-refractivity contribution in [2.45, 2.75) is 33.1 Å². The summed E-state index contributed by atoms with van der Waals surface area (Å²) in [5.41, 5.74) is 1.04. The normalized spacial score (nSPS) is 24.9. The molecule has 0 saturated carbocycles. The fourth-order valence-corrected chi connectivity index (χ4v) is 1.52. The Kier molecular flexibility index (Phi) is 2.32. The van der Waals surface area contributed by atoms with Crippen LogP contribution in [0.25, 0.3) is 0 Å². The zero-order valence-electron chi connectivity index (χ0n) is 7.11. The Bertz CT molecular complexity index is 204. The predicted molar refractivity (Wildman–Crippen MR) is 44.3 cm³/mol. The Hall–Kier alpha value is -0.790. The van der Waals surface area contributed by atoms with E-state index in [1.807, 2.05) is 13.8 Å². The van der Waals surface area contributed by atoms with Crippen LogP contribution in [0.4, 0.5) is 0 Å². The van der Waals surface area contributed by atoms with Gasteiger partial charge < -0.3 is 5.11 Å². The maximum atomic E-state index is 11.3. The fraction of sp³-hybridized carbons (Fsp3) is 0.667. The van der Waals surface area contributed by atoms with Crippen molar-refractivity contribution in [2.75, 3.05) is 0 Å². The van der Waals surface area contributed by atoms with E-state index in [2.05, 4.69) is 0 Å². The van der Waals surface area contributed by atoms with Crippen LogP contribution in [0.15, 0.2) is 11.3 Å². The van der Waals surface area contributed by atoms with E-state index in [1.165, 1.54) is 0 Å². The van der Waals surface area contributed by atoms with Gasteiger partial charge in [0.05, 0.1) is 0 Å². The maximum absolute atomic E-state index is 11.3.